The third-order valence-electron chi connectivity index (χ3n) is 3.84. The van der Waals surface area contributed by atoms with Crippen LogP contribution in [0.25, 0.3) is 0 Å². The van der Waals surface area contributed by atoms with Crippen LogP contribution in [-0.2, 0) is 19.1 Å². The Hall–Kier alpha value is -1.58. The van der Waals surface area contributed by atoms with E-state index in [-0.39, 0.29) is 11.9 Å². The maximum atomic E-state index is 10.9. The molecule has 0 aliphatic carbocycles. The van der Waals surface area contributed by atoms with Gasteiger partial charge in [0.05, 0.1) is 14.2 Å². The topological polar surface area (TPSA) is 52.6 Å². The molecule has 0 radical (unpaired) electrons. The molecule has 24 heavy (non-hydrogen) atoms. The molecule has 0 saturated carbocycles. The maximum Gasteiger partial charge on any atom is 0.305 e. The second-order valence-corrected chi connectivity index (χ2v) is 5.91. The molecule has 0 N–H and O–H groups in total. The van der Waals surface area contributed by atoms with E-state index in [9.17, 15) is 9.59 Å². The molecule has 0 aromatic heterocycles. The van der Waals surface area contributed by atoms with Gasteiger partial charge in [-0.15, -0.1) is 0 Å². The van der Waals surface area contributed by atoms with E-state index in [0.717, 1.165) is 51.4 Å². The van der Waals surface area contributed by atoms with E-state index >= 15 is 0 Å². The van der Waals surface area contributed by atoms with Crippen molar-refractivity contribution in [3.8, 4) is 0 Å². The number of carbonyl (C=O) groups is 2. The van der Waals surface area contributed by atoms with Crippen molar-refractivity contribution in [2.45, 2.75) is 77.0 Å². The molecule has 4 heteroatoms. The molecular formula is C20H34O4. The molecule has 0 fully saturated rings. The van der Waals surface area contributed by atoms with Gasteiger partial charge < -0.3 is 9.47 Å². The summed E-state index contributed by atoms with van der Waals surface area (Å²) < 4.78 is 9.21. The molecule has 0 aliphatic rings. The van der Waals surface area contributed by atoms with Gasteiger partial charge in [0.2, 0.25) is 0 Å². The van der Waals surface area contributed by atoms with E-state index in [0.29, 0.717) is 12.8 Å². The number of unbranched alkanes of at least 4 members (excludes halogenated alkanes) is 8. The average Bonchev–Trinajstić information content (AvgIpc) is 2.60. The first-order valence-corrected chi connectivity index (χ1v) is 9.16. The third kappa shape index (κ3) is 16.8. The Kier molecular flexibility index (Phi) is 16.6. The summed E-state index contributed by atoms with van der Waals surface area (Å²) in [5, 5.41) is 0. The van der Waals surface area contributed by atoms with Crippen LogP contribution in [0.3, 0.4) is 0 Å². The highest BCUT2D eigenvalue weighted by Crippen LogP contribution is 2.08. The number of hydrogen-bond donors (Lipinski definition) is 0. The van der Waals surface area contributed by atoms with Gasteiger partial charge in [-0.05, 0) is 38.5 Å². The van der Waals surface area contributed by atoms with E-state index in [1.807, 2.05) is 0 Å². The second-order valence-electron chi connectivity index (χ2n) is 5.91. The van der Waals surface area contributed by atoms with Crippen LogP contribution in [0.5, 0.6) is 0 Å². The van der Waals surface area contributed by atoms with Crippen molar-refractivity contribution in [3.63, 3.8) is 0 Å². The zero-order valence-electron chi connectivity index (χ0n) is 15.4. The van der Waals surface area contributed by atoms with E-state index in [1.165, 1.54) is 27.1 Å². The Bertz CT molecular complexity index is 336. The zero-order valence-corrected chi connectivity index (χ0v) is 15.4. The molecule has 0 bridgehead atoms. The van der Waals surface area contributed by atoms with Gasteiger partial charge in [-0.3, -0.25) is 9.59 Å². The Labute approximate surface area is 147 Å². The van der Waals surface area contributed by atoms with Crippen LogP contribution in [-0.4, -0.2) is 26.2 Å². The van der Waals surface area contributed by atoms with Gasteiger partial charge in [-0.2, -0.15) is 0 Å². The smallest absolute Gasteiger partial charge is 0.305 e. The maximum absolute atomic E-state index is 10.9. The van der Waals surface area contributed by atoms with Gasteiger partial charge in [-0.25, -0.2) is 0 Å². The number of carbonyl (C=O) groups excluding carboxylic acids is 2. The molecule has 0 saturated heterocycles. The van der Waals surface area contributed by atoms with Crippen molar-refractivity contribution in [2.75, 3.05) is 14.2 Å². The van der Waals surface area contributed by atoms with Gasteiger partial charge in [-0.1, -0.05) is 50.0 Å². The lowest BCUT2D eigenvalue weighted by Crippen LogP contribution is -1.98. The Balaban J connectivity index is 3.28. The fourth-order valence-electron chi connectivity index (χ4n) is 2.32. The van der Waals surface area contributed by atoms with Crippen molar-refractivity contribution < 1.29 is 19.1 Å². The minimum atomic E-state index is -0.108. The number of ether oxygens (including phenoxy) is 2. The number of rotatable bonds is 15. The molecule has 0 aromatic rings. The minimum Gasteiger partial charge on any atom is -0.469 e. The third-order valence-corrected chi connectivity index (χ3v) is 3.84. The summed E-state index contributed by atoms with van der Waals surface area (Å²) in [4.78, 5) is 21.9. The van der Waals surface area contributed by atoms with Crippen LogP contribution in [0.1, 0.15) is 77.0 Å². The number of allylic oxidation sites excluding steroid dienone is 4. The predicted octanol–water partition coefficient (Wildman–Crippen LogP) is 5.13. The standard InChI is InChI=1S/C20H34O4/c1-23-19(21)17-15-13-11-9-7-5-3-4-6-8-10-12-14-16-18-20(22)24-2/h3-6H,7-18H2,1-2H3/b5-3+,6-4+. The van der Waals surface area contributed by atoms with E-state index in [2.05, 4.69) is 33.8 Å². The molecular weight excluding hydrogens is 304 g/mol. The largest absolute Gasteiger partial charge is 0.469 e. The quantitative estimate of drug-likeness (QED) is 0.236. The molecule has 0 amide bonds. The van der Waals surface area contributed by atoms with Gasteiger partial charge in [0, 0.05) is 12.8 Å². The Morgan fingerprint density at radius 1 is 0.625 bits per heavy atom. The van der Waals surface area contributed by atoms with Crippen LogP contribution >= 0.6 is 0 Å². The van der Waals surface area contributed by atoms with Crippen molar-refractivity contribution in [1.82, 2.24) is 0 Å². The summed E-state index contributed by atoms with van der Waals surface area (Å²) >= 11 is 0. The fraction of sp³-hybridized carbons (Fsp3) is 0.700. The lowest BCUT2D eigenvalue weighted by atomic mass is 10.1. The summed E-state index contributed by atoms with van der Waals surface area (Å²) in [6.45, 7) is 0. The molecule has 138 valence electrons. The Morgan fingerprint density at radius 2 is 1.00 bits per heavy atom. The zero-order chi connectivity index (χ0) is 17.9. The van der Waals surface area contributed by atoms with Crippen molar-refractivity contribution in [1.29, 1.82) is 0 Å². The normalized spacial score (nSPS) is 11.2. The first kappa shape index (κ1) is 22.4. The molecule has 0 heterocycles. The van der Waals surface area contributed by atoms with E-state index < -0.39 is 0 Å². The Morgan fingerprint density at radius 3 is 1.38 bits per heavy atom. The average molecular weight is 338 g/mol. The summed E-state index contributed by atoms with van der Waals surface area (Å²) in [7, 11) is 2.87. The number of esters is 2. The molecule has 4 nitrogen and oxygen atoms in total. The summed E-state index contributed by atoms with van der Waals surface area (Å²) in [5.74, 6) is -0.216. The molecule has 0 rings (SSSR count). The van der Waals surface area contributed by atoms with Crippen LogP contribution in [0.15, 0.2) is 24.3 Å². The number of methoxy groups -OCH3 is 2. The highest BCUT2D eigenvalue weighted by atomic mass is 16.5. The van der Waals surface area contributed by atoms with Crippen molar-refractivity contribution in [3.05, 3.63) is 24.3 Å². The summed E-state index contributed by atoms with van der Waals surface area (Å²) in [6, 6.07) is 0. The van der Waals surface area contributed by atoms with Gasteiger partial charge in [0.1, 0.15) is 0 Å². The number of hydrogen-bond acceptors (Lipinski definition) is 4. The van der Waals surface area contributed by atoms with E-state index in [1.54, 1.807) is 0 Å². The van der Waals surface area contributed by atoms with Gasteiger partial charge >= 0.3 is 11.9 Å². The van der Waals surface area contributed by atoms with Crippen molar-refractivity contribution >= 4 is 11.9 Å². The first-order valence-electron chi connectivity index (χ1n) is 9.16. The second kappa shape index (κ2) is 17.8. The van der Waals surface area contributed by atoms with Crippen LogP contribution in [0.4, 0.5) is 0 Å². The molecule has 0 aromatic carbocycles. The lowest BCUT2D eigenvalue weighted by molar-refractivity contribution is -0.141. The lowest BCUT2D eigenvalue weighted by Gasteiger charge is -1.99. The van der Waals surface area contributed by atoms with Gasteiger partial charge in [0.25, 0.3) is 0 Å². The highest BCUT2D eigenvalue weighted by Gasteiger charge is 1.99. The summed E-state index contributed by atoms with van der Waals surface area (Å²) in [5.41, 5.74) is 0. The van der Waals surface area contributed by atoms with E-state index in [4.69, 9.17) is 0 Å². The molecule has 0 unspecified atom stereocenters. The first-order chi connectivity index (χ1) is 11.7. The highest BCUT2D eigenvalue weighted by molar-refractivity contribution is 5.69. The fourth-order valence-corrected chi connectivity index (χ4v) is 2.32. The van der Waals surface area contributed by atoms with Crippen molar-refractivity contribution in [2.24, 2.45) is 0 Å². The minimum absolute atomic E-state index is 0.108. The van der Waals surface area contributed by atoms with Crippen LogP contribution in [0.2, 0.25) is 0 Å². The predicted molar refractivity (Wildman–Crippen MR) is 97.7 cm³/mol. The molecule has 0 aliphatic heterocycles. The van der Waals surface area contributed by atoms with Crippen LogP contribution < -0.4 is 0 Å². The van der Waals surface area contributed by atoms with Gasteiger partial charge in [0.15, 0.2) is 0 Å². The molecule has 0 atom stereocenters. The monoisotopic (exact) mass is 338 g/mol. The van der Waals surface area contributed by atoms with Crippen LogP contribution in [0, 0.1) is 0 Å². The summed E-state index contributed by atoms with van der Waals surface area (Å²) in [6.07, 6.45) is 20.6. The molecule has 0 spiro atoms. The SMILES string of the molecule is COC(=O)CCCCCC/C=C/C=C/CCCCCCC(=O)OC.